The van der Waals surface area contributed by atoms with Crippen molar-refractivity contribution in [3.8, 4) is 0 Å². The van der Waals surface area contributed by atoms with Gasteiger partial charge in [-0.15, -0.1) is 0 Å². The first kappa shape index (κ1) is 18.4. The lowest BCUT2D eigenvalue weighted by Crippen LogP contribution is -2.54. The highest BCUT2D eigenvalue weighted by molar-refractivity contribution is 5.81. The molecule has 0 saturated heterocycles. The van der Waals surface area contributed by atoms with Crippen LogP contribution in [0.4, 0.5) is 0 Å². The van der Waals surface area contributed by atoms with E-state index < -0.39 is 5.54 Å². The maximum Gasteiger partial charge on any atom is 0.326 e. The predicted molar refractivity (Wildman–Crippen MR) is 82.3 cm³/mol. The van der Waals surface area contributed by atoms with Crippen LogP contribution in [0, 0.1) is 5.92 Å². The van der Waals surface area contributed by atoms with Crippen LogP contribution in [-0.2, 0) is 19.0 Å². The summed E-state index contributed by atoms with van der Waals surface area (Å²) in [5.74, 6) is 0.165. The molecule has 3 unspecified atom stereocenters. The van der Waals surface area contributed by atoms with E-state index in [0.29, 0.717) is 26.4 Å². The summed E-state index contributed by atoms with van der Waals surface area (Å²) in [5.41, 5.74) is -0.525. The van der Waals surface area contributed by atoms with Crippen LogP contribution in [0.25, 0.3) is 0 Å². The Labute approximate surface area is 128 Å². The van der Waals surface area contributed by atoms with E-state index in [1.165, 1.54) is 0 Å². The lowest BCUT2D eigenvalue weighted by molar-refractivity contribution is -0.153. The van der Waals surface area contributed by atoms with Crippen LogP contribution in [0.15, 0.2) is 0 Å². The third-order valence-electron chi connectivity index (χ3n) is 4.33. The van der Waals surface area contributed by atoms with Crippen molar-refractivity contribution < 1.29 is 19.0 Å². The summed E-state index contributed by atoms with van der Waals surface area (Å²) in [4.78, 5) is 12.3. The van der Waals surface area contributed by atoms with Crippen molar-refractivity contribution >= 4 is 5.97 Å². The molecule has 1 rings (SSSR count). The van der Waals surface area contributed by atoms with Crippen LogP contribution >= 0.6 is 0 Å². The van der Waals surface area contributed by atoms with E-state index in [9.17, 15) is 4.79 Å². The normalized spacial score (nSPS) is 26.8. The molecule has 1 N–H and O–H groups in total. The molecule has 0 amide bonds. The molecular weight excluding hydrogens is 270 g/mol. The van der Waals surface area contributed by atoms with E-state index in [-0.39, 0.29) is 18.0 Å². The Hall–Kier alpha value is -0.650. The quantitative estimate of drug-likeness (QED) is 0.627. The van der Waals surface area contributed by atoms with Gasteiger partial charge in [-0.1, -0.05) is 6.42 Å². The zero-order valence-corrected chi connectivity index (χ0v) is 13.9. The average Bonchev–Trinajstić information content (AvgIpc) is 2.89. The van der Waals surface area contributed by atoms with E-state index in [2.05, 4.69) is 5.32 Å². The van der Waals surface area contributed by atoms with Crippen molar-refractivity contribution in [1.29, 1.82) is 0 Å². The number of nitrogens with one attached hydrogen (secondary N) is 1. The topological polar surface area (TPSA) is 56.8 Å². The van der Waals surface area contributed by atoms with Crippen LogP contribution in [0.2, 0.25) is 0 Å². The van der Waals surface area contributed by atoms with Crippen LogP contribution in [-0.4, -0.2) is 51.1 Å². The number of likely N-dealkylation sites (N-methyl/N-ethyl adjacent to an activating group) is 1. The summed E-state index contributed by atoms with van der Waals surface area (Å²) in [6.07, 6.45) is 3.91. The van der Waals surface area contributed by atoms with Gasteiger partial charge >= 0.3 is 5.97 Å². The Balaban J connectivity index is 2.46. The summed E-state index contributed by atoms with van der Waals surface area (Å²) >= 11 is 0. The number of rotatable bonds is 10. The first-order valence-corrected chi connectivity index (χ1v) is 8.16. The van der Waals surface area contributed by atoms with Crippen molar-refractivity contribution in [2.45, 2.75) is 58.1 Å². The highest BCUT2D eigenvalue weighted by Crippen LogP contribution is 2.38. The van der Waals surface area contributed by atoms with Gasteiger partial charge in [0.05, 0.1) is 19.3 Å². The molecule has 0 aliphatic heterocycles. The third-order valence-corrected chi connectivity index (χ3v) is 4.33. The van der Waals surface area contributed by atoms with Crippen molar-refractivity contribution in [2.24, 2.45) is 5.92 Å². The fourth-order valence-electron chi connectivity index (χ4n) is 3.17. The maximum atomic E-state index is 12.3. The zero-order valence-electron chi connectivity index (χ0n) is 13.9. The van der Waals surface area contributed by atoms with Gasteiger partial charge in [-0.25, -0.2) is 0 Å². The summed E-state index contributed by atoms with van der Waals surface area (Å²) in [7, 11) is 1.85. The zero-order chi connectivity index (χ0) is 15.7. The first-order chi connectivity index (χ1) is 10.1. The monoisotopic (exact) mass is 301 g/mol. The van der Waals surface area contributed by atoms with Crippen molar-refractivity contribution in [3.05, 3.63) is 0 Å². The van der Waals surface area contributed by atoms with E-state index in [1.54, 1.807) is 0 Å². The summed E-state index contributed by atoms with van der Waals surface area (Å²) in [6.45, 7) is 8.26. The number of hydrogen-bond donors (Lipinski definition) is 1. The number of carbonyl (C=O) groups is 1. The van der Waals surface area contributed by atoms with Gasteiger partial charge in [0.25, 0.3) is 0 Å². The second-order valence-electron chi connectivity index (χ2n) is 5.66. The average molecular weight is 301 g/mol. The van der Waals surface area contributed by atoms with Crippen LogP contribution in [0.5, 0.6) is 0 Å². The lowest BCUT2D eigenvalue weighted by Gasteiger charge is -2.33. The second-order valence-corrected chi connectivity index (χ2v) is 5.66. The molecule has 124 valence electrons. The van der Waals surface area contributed by atoms with Crippen molar-refractivity contribution in [3.63, 3.8) is 0 Å². The Morgan fingerprint density at radius 2 is 2.14 bits per heavy atom. The predicted octanol–water partition coefficient (Wildman–Crippen LogP) is 2.14. The molecule has 0 aromatic heterocycles. The largest absolute Gasteiger partial charge is 0.465 e. The summed E-state index contributed by atoms with van der Waals surface area (Å²) < 4.78 is 16.4. The summed E-state index contributed by atoms with van der Waals surface area (Å²) in [5, 5.41) is 3.23. The Bertz CT molecular complexity index is 311. The molecule has 1 aliphatic carbocycles. The minimum absolute atomic E-state index is 0.0953. The molecule has 3 atom stereocenters. The Morgan fingerprint density at radius 1 is 1.38 bits per heavy atom. The molecule has 5 nitrogen and oxygen atoms in total. The number of ether oxygens (including phenoxy) is 3. The molecule has 1 fully saturated rings. The molecule has 0 aromatic rings. The van der Waals surface area contributed by atoms with Gasteiger partial charge in [-0.2, -0.15) is 0 Å². The van der Waals surface area contributed by atoms with E-state index >= 15 is 0 Å². The highest BCUT2D eigenvalue weighted by atomic mass is 16.5. The van der Waals surface area contributed by atoms with E-state index in [1.807, 2.05) is 27.8 Å². The van der Waals surface area contributed by atoms with E-state index in [0.717, 1.165) is 25.7 Å². The van der Waals surface area contributed by atoms with Gasteiger partial charge in [-0.05, 0) is 53.0 Å². The fraction of sp³-hybridized carbons (Fsp3) is 0.938. The van der Waals surface area contributed by atoms with Gasteiger partial charge in [-0.3, -0.25) is 4.79 Å². The van der Waals surface area contributed by atoms with Gasteiger partial charge < -0.3 is 19.5 Å². The number of carbonyl (C=O) groups excluding carboxylic acids is 1. The van der Waals surface area contributed by atoms with E-state index in [4.69, 9.17) is 14.2 Å². The standard InChI is InChI=1S/C16H31NO4/c1-5-19-12-13(3)21-11-9-14-8-7-10-16(14,17-4)15(18)20-6-2/h13-14,17H,5-12H2,1-4H3. The van der Waals surface area contributed by atoms with Crippen LogP contribution in [0.3, 0.4) is 0 Å². The lowest BCUT2D eigenvalue weighted by atomic mass is 9.85. The SMILES string of the molecule is CCOCC(C)OCCC1CCCC1(NC)C(=O)OCC. The van der Waals surface area contributed by atoms with Crippen LogP contribution < -0.4 is 5.32 Å². The molecule has 1 saturated carbocycles. The maximum absolute atomic E-state index is 12.3. The second kappa shape index (κ2) is 9.38. The number of esters is 1. The summed E-state index contributed by atoms with van der Waals surface area (Å²) in [6, 6.07) is 0. The molecule has 1 aliphatic rings. The van der Waals surface area contributed by atoms with Gasteiger partial charge in [0.1, 0.15) is 5.54 Å². The minimum Gasteiger partial charge on any atom is -0.465 e. The first-order valence-electron chi connectivity index (χ1n) is 8.16. The van der Waals surface area contributed by atoms with Crippen LogP contribution in [0.1, 0.15) is 46.5 Å². The molecule has 0 spiro atoms. The highest BCUT2D eigenvalue weighted by Gasteiger charge is 2.48. The van der Waals surface area contributed by atoms with Gasteiger partial charge in [0, 0.05) is 13.2 Å². The Kier molecular flexibility index (Phi) is 8.22. The molecule has 0 bridgehead atoms. The minimum atomic E-state index is -0.525. The smallest absolute Gasteiger partial charge is 0.326 e. The van der Waals surface area contributed by atoms with Crippen molar-refractivity contribution in [1.82, 2.24) is 5.32 Å². The molecule has 5 heteroatoms. The molecule has 0 aromatic carbocycles. The molecule has 0 radical (unpaired) electrons. The Morgan fingerprint density at radius 3 is 2.76 bits per heavy atom. The van der Waals surface area contributed by atoms with Gasteiger partial charge in [0.2, 0.25) is 0 Å². The number of hydrogen-bond acceptors (Lipinski definition) is 5. The third kappa shape index (κ3) is 4.94. The molecule has 0 heterocycles. The fourth-order valence-corrected chi connectivity index (χ4v) is 3.17. The molecule has 21 heavy (non-hydrogen) atoms. The van der Waals surface area contributed by atoms with Gasteiger partial charge in [0.15, 0.2) is 0 Å². The molecular formula is C16H31NO4. The van der Waals surface area contributed by atoms with Crippen molar-refractivity contribution in [2.75, 3.05) is 33.5 Å².